The topological polar surface area (TPSA) is 41.1 Å². The molecule has 0 fully saturated rings. The molecule has 0 unspecified atom stereocenters. The van der Waals surface area contributed by atoms with Gasteiger partial charge in [-0.2, -0.15) is 0 Å². The molecular formula is C27H20N2O. The lowest BCUT2D eigenvalue weighted by Crippen LogP contribution is -2.15. The lowest BCUT2D eigenvalue weighted by molar-refractivity contribution is 0.104. The van der Waals surface area contributed by atoms with E-state index in [1.54, 1.807) is 0 Å². The standard InChI is InChI=1S/C27H20N2O/c30-27(21-11-5-9-19-15-17-7-1-3-13-23(17)28-25(19)21)22-12-6-10-20-16-18-8-2-4-14-24(18)29-26(20)22/h1-14,28-29H,15-16H2. The molecule has 0 aromatic heterocycles. The van der Waals surface area contributed by atoms with E-state index in [0.29, 0.717) is 0 Å². The summed E-state index contributed by atoms with van der Waals surface area (Å²) in [6.45, 7) is 0. The number of anilines is 4. The summed E-state index contributed by atoms with van der Waals surface area (Å²) >= 11 is 0. The first-order chi connectivity index (χ1) is 14.8. The molecule has 2 aliphatic heterocycles. The molecule has 0 amide bonds. The van der Waals surface area contributed by atoms with Crippen molar-refractivity contribution in [3.8, 4) is 0 Å². The van der Waals surface area contributed by atoms with Crippen LogP contribution < -0.4 is 10.6 Å². The van der Waals surface area contributed by atoms with Crippen LogP contribution in [-0.4, -0.2) is 5.78 Å². The Hall–Kier alpha value is -3.85. The SMILES string of the molecule is O=C(c1cccc2c1Nc1ccccc1C2)c1cccc2c1Nc1ccccc1C2. The summed E-state index contributed by atoms with van der Waals surface area (Å²) < 4.78 is 0. The van der Waals surface area contributed by atoms with Gasteiger partial charge in [0, 0.05) is 35.3 Å². The van der Waals surface area contributed by atoms with Gasteiger partial charge >= 0.3 is 0 Å². The predicted octanol–water partition coefficient (Wildman–Crippen LogP) is 6.21. The molecule has 0 bridgehead atoms. The summed E-state index contributed by atoms with van der Waals surface area (Å²) in [5.41, 5.74) is 10.3. The van der Waals surface area contributed by atoms with Gasteiger partial charge in [0.2, 0.25) is 0 Å². The lowest BCUT2D eigenvalue weighted by Gasteiger charge is -2.26. The summed E-state index contributed by atoms with van der Waals surface area (Å²) in [5.74, 6) is 0.0439. The second-order valence-corrected chi connectivity index (χ2v) is 7.93. The van der Waals surface area contributed by atoms with Crippen molar-refractivity contribution >= 4 is 28.5 Å². The molecule has 0 aliphatic carbocycles. The van der Waals surface area contributed by atoms with Crippen molar-refractivity contribution in [2.45, 2.75) is 12.8 Å². The van der Waals surface area contributed by atoms with Gasteiger partial charge in [0.15, 0.2) is 5.78 Å². The van der Waals surface area contributed by atoms with Crippen molar-refractivity contribution in [1.29, 1.82) is 0 Å². The number of nitrogens with one attached hydrogen (secondary N) is 2. The highest BCUT2D eigenvalue weighted by molar-refractivity contribution is 6.16. The fourth-order valence-corrected chi connectivity index (χ4v) is 4.59. The number of benzene rings is 4. The smallest absolute Gasteiger partial charge is 0.197 e. The fraction of sp³-hybridized carbons (Fsp3) is 0.0741. The van der Waals surface area contributed by atoms with Crippen molar-refractivity contribution in [3.63, 3.8) is 0 Å². The number of ketones is 1. The van der Waals surface area contributed by atoms with Crippen LogP contribution in [0.3, 0.4) is 0 Å². The molecule has 0 spiro atoms. The largest absolute Gasteiger partial charge is 0.354 e. The second-order valence-electron chi connectivity index (χ2n) is 7.93. The molecule has 2 aliphatic rings. The zero-order chi connectivity index (χ0) is 20.1. The Morgan fingerprint density at radius 1 is 0.533 bits per heavy atom. The molecule has 4 aromatic rings. The van der Waals surface area contributed by atoms with E-state index in [9.17, 15) is 4.79 Å². The Morgan fingerprint density at radius 2 is 0.967 bits per heavy atom. The van der Waals surface area contributed by atoms with Gasteiger partial charge in [-0.3, -0.25) is 4.79 Å². The van der Waals surface area contributed by atoms with E-state index in [0.717, 1.165) is 57.8 Å². The van der Waals surface area contributed by atoms with Crippen LogP contribution in [0.1, 0.15) is 38.2 Å². The van der Waals surface area contributed by atoms with Crippen LogP contribution in [-0.2, 0) is 12.8 Å². The first kappa shape index (κ1) is 17.0. The van der Waals surface area contributed by atoms with E-state index in [2.05, 4.69) is 59.2 Å². The Balaban J connectivity index is 1.43. The second kappa shape index (κ2) is 6.60. The molecule has 0 atom stereocenters. The van der Waals surface area contributed by atoms with Crippen molar-refractivity contribution in [2.75, 3.05) is 10.6 Å². The Kier molecular flexibility index (Phi) is 3.75. The monoisotopic (exact) mass is 388 g/mol. The summed E-state index contributed by atoms with van der Waals surface area (Å²) in [6, 6.07) is 28.6. The van der Waals surface area contributed by atoms with Crippen LogP contribution in [0.25, 0.3) is 0 Å². The average Bonchev–Trinajstić information content (AvgIpc) is 2.80. The van der Waals surface area contributed by atoms with Crippen molar-refractivity contribution in [1.82, 2.24) is 0 Å². The van der Waals surface area contributed by atoms with Crippen LogP contribution in [0.4, 0.5) is 22.7 Å². The number of hydrogen-bond donors (Lipinski definition) is 2. The lowest BCUT2D eigenvalue weighted by atomic mass is 9.89. The van der Waals surface area contributed by atoms with E-state index in [1.165, 1.54) is 11.1 Å². The zero-order valence-corrected chi connectivity index (χ0v) is 16.4. The highest BCUT2D eigenvalue weighted by Crippen LogP contribution is 2.39. The number of rotatable bonds is 2. The molecule has 144 valence electrons. The minimum atomic E-state index is 0.0439. The minimum Gasteiger partial charge on any atom is -0.354 e. The van der Waals surface area contributed by atoms with Gasteiger partial charge in [0.25, 0.3) is 0 Å². The fourth-order valence-electron chi connectivity index (χ4n) is 4.59. The Morgan fingerprint density at radius 3 is 1.47 bits per heavy atom. The van der Waals surface area contributed by atoms with Gasteiger partial charge in [0.1, 0.15) is 0 Å². The highest BCUT2D eigenvalue weighted by atomic mass is 16.1. The third-order valence-electron chi connectivity index (χ3n) is 6.11. The van der Waals surface area contributed by atoms with Gasteiger partial charge in [-0.15, -0.1) is 0 Å². The maximum Gasteiger partial charge on any atom is 0.197 e. The summed E-state index contributed by atoms with van der Waals surface area (Å²) in [5, 5.41) is 7.03. The van der Waals surface area contributed by atoms with E-state index < -0.39 is 0 Å². The Bertz CT molecular complexity index is 1220. The van der Waals surface area contributed by atoms with E-state index in [4.69, 9.17) is 0 Å². The first-order valence-corrected chi connectivity index (χ1v) is 10.3. The number of hydrogen-bond acceptors (Lipinski definition) is 3. The predicted molar refractivity (Wildman–Crippen MR) is 121 cm³/mol. The van der Waals surface area contributed by atoms with Crippen molar-refractivity contribution < 1.29 is 4.79 Å². The third-order valence-corrected chi connectivity index (χ3v) is 6.11. The molecule has 2 N–H and O–H groups in total. The molecule has 3 nitrogen and oxygen atoms in total. The van der Waals surface area contributed by atoms with Crippen molar-refractivity contribution in [2.24, 2.45) is 0 Å². The van der Waals surface area contributed by atoms with Crippen molar-refractivity contribution in [3.05, 3.63) is 118 Å². The van der Waals surface area contributed by atoms with Crippen LogP contribution in [0.15, 0.2) is 84.9 Å². The van der Waals surface area contributed by atoms with E-state index in [-0.39, 0.29) is 5.78 Å². The molecular weight excluding hydrogens is 368 g/mol. The summed E-state index contributed by atoms with van der Waals surface area (Å²) in [6.07, 6.45) is 1.66. The molecule has 2 heterocycles. The maximum atomic E-state index is 13.7. The number of carbonyl (C=O) groups is 1. The van der Waals surface area contributed by atoms with Gasteiger partial charge in [-0.1, -0.05) is 60.7 Å². The molecule has 30 heavy (non-hydrogen) atoms. The van der Waals surface area contributed by atoms with E-state index >= 15 is 0 Å². The summed E-state index contributed by atoms with van der Waals surface area (Å²) in [7, 11) is 0. The first-order valence-electron chi connectivity index (χ1n) is 10.3. The highest BCUT2D eigenvalue weighted by Gasteiger charge is 2.25. The minimum absolute atomic E-state index is 0.0439. The zero-order valence-electron chi connectivity index (χ0n) is 16.4. The number of fused-ring (bicyclic) bond motifs is 4. The quantitative estimate of drug-likeness (QED) is 0.346. The molecule has 6 rings (SSSR count). The molecule has 0 radical (unpaired) electrons. The van der Waals surface area contributed by atoms with Crippen LogP contribution >= 0.6 is 0 Å². The van der Waals surface area contributed by atoms with Crippen LogP contribution in [0.2, 0.25) is 0 Å². The molecule has 0 saturated heterocycles. The Labute approximate surface area is 175 Å². The van der Waals surface area contributed by atoms with Crippen LogP contribution in [0, 0.1) is 0 Å². The van der Waals surface area contributed by atoms with Crippen LogP contribution in [0.5, 0.6) is 0 Å². The molecule has 0 saturated carbocycles. The average molecular weight is 388 g/mol. The van der Waals surface area contributed by atoms with E-state index in [1.807, 2.05) is 36.4 Å². The van der Waals surface area contributed by atoms with Gasteiger partial charge in [-0.05, 0) is 46.5 Å². The number of para-hydroxylation sites is 4. The van der Waals surface area contributed by atoms with Gasteiger partial charge in [0.05, 0.1) is 11.4 Å². The van der Waals surface area contributed by atoms with Gasteiger partial charge < -0.3 is 10.6 Å². The maximum absolute atomic E-state index is 13.7. The molecule has 4 aromatic carbocycles. The number of carbonyl (C=O) groups excluding carboxylic acids is 1. The summed E-state index contributed by atoms with van der Waals surface area (Å²) in [4.78, 5) is 13.7. The molecule has 3 heteroatoms. The van der Waals surface area contributed by atoms with Gasteiger partial charge in [-0.25, -0.2) is 0 Å². The normalized spacial score (nSPS) is 13.1. The third kappa shape index (κ3) is 2.63.